The van der Waals surface area contributed by atoms with Crippen LogP contribution in [0.4, 0.5) is 5.69 Å². The number of sulfonamides is 1. The summed E-state index contributed by atoms with van der Waals surface area (Å²) in [4.78, 5) is 22.6. The molecule has 0 spiro atoms. The Bertz CT molecular complexity index is 1050. The van der Waals surface area contributed by atoms with Crippen molar-refractivity contribution < 1.29 is 27.6 Å². The fourth-order valence-corrected chi connectivity index (χ4v) is 4.41. The highest BCUT2D eigenvalue weighted by molar-refractivity contribution is 7.89. The maximum absolute atomic E-state index is 13.3. The van der Waals surface area contributed by atoms with Gasteiger partial charge in [0.15, 0.2) is 0 Å². The molecule has 10 heteroatoms. The molecule has 1 N–H and O–H groups in total. The van der Waals surface area contributed by atoms with Gasteiger partial charge in [-0.05, 0) is 36.1 Å². The van der Waals surface area contributed by atoms with Gasteiger partial charge in [-0.3, -0.25) is 14.9 Å². The molecule has 0 aliphatic heterocycles. The van der Waals surface area contributed by atoms with Crippen LogP contribution in [0.3, 0.4) is 0 Å². The van der Waals surface area contributed by atoms with Crippen molar-refractivity contribution in [2.45, 2.75) is 44.0 Å². The SMILES string of the molecule is CCOC(=O)C[C@H](NS(=O)(=O)c1cc(C(C)C)ccc1OC)c1cccc([N+](=O)[O-])c1. The van der Waals surface area contributed by atoms with Crippen LogP contribution in [0.5, 0.6) is 5.75 Å². The van der Waals surface area contributed by atoms with Gasteiger partial charge in [0.1, 0.15) is 10.6 Å². The maximum Gasteiger partial charge on any atom is 0.307 e. The molecule has 0 amide bonds. The number of carbonyl (C=O) groups is 1. The third-order valence-corrected chi connectivity index (χ3v) is 6.09. The van der Waals surface area contributed by atoms with Crippen molar-refractivity contribution in [1.82, 2.24) is 4.72 Å². The van der Waals surface area contributed by atoms with E-state index in [9.17, 15) is 23.3 Å². The molecule has 1 atom stereocenters. The van der Waals surface area contributed by atoms with Crippen LogP contribution in [0.25, 0.3) is 0 Å². The molecule has 31 heavy (non-hydrogen) atoms. The fourth-order valence-electron chi connectivity index (χ4n) is 2.98. The first kappa shape index (κ1) is 24.3. The van der Waals surface area contributed by atoms with Gasteiger partial charge in [-0.2, -0.15) is 0 Å². The van der Waals surface area contributed by atoms with Crippen molar-refractivity contribution in [2.24, 2.45) is 0 Å². The number of methoxy groups -OCH3 is 1. The number of non-ortho nitro benzene ring substituents is 1. The van der Waals surface area contributed by atoms with E-state index in [4.69, 9.17) is 9.47 Å². The van der Waals surface area contributed by atoms with Crippen LogP contribution in [0, 0.1) is 10.1 Å². The average molecular weight is 451 g/mol. The quantitative estimate of drug-likeness (QED) is 0.332. The smallest absolute Gasteiger partial charge is 0.307 e. The topological polar surface area (TPSA) is 125 Å². The van der Waals surface area contributed by atoms with Gasteiger partial charge in [-0.1, -0.05) is 32.0 Å². The zero-order valence-corrected chi connectivity index (χ0v) is 18.6. The second-order valence-corrected chi connectivity index (χ2v) is 8.78. The summed E-state index contributed by atoms with van der Waals surface area (Å²) in [6.45, 7) is 5.61. The first-order valence-electron chi connectivity index (χ1n) is 9.69. The molecular formula is C21H26N2O7S. The van der Waals surface area contributed by atoms with E-state index in [2.05, 4.69) is 4.72 Å². The summed E-state index contributed by atoms with van der Waals surface area (Å²) in [5.74, 6) is -0.414. The standard InChI is InChI=1S/C21H26N2O7S/c1-5-30-21(24)13-18(16-7-6-8-17(11-16)23(25)26)22-31(27,28)20-12-15(14(2)3)9-10-19(20)29-4/h6-12,14,18,22H,5,13H2,1-4H3/t18-/m0/s1. The lowest BCUT2D eigenvalue weighted by atomic mass is 10.0. The Morgan fingerprint density at radius 3 is 2.45 bits per heavy atom. The molecule has 0 aliphatic rings. The van der Waals surface area contributed by atoms with Gasteiger partial charge < -0.3 is 9.47 Å². The van der Waals surface area contributed by atoms with Crippen LogP contribution in [0.1, 0.15) is 50.3 Å². The first-order chi connectivity index (χ1) is 14.6. The summed E-state index contributed by atoms with van der Waals surface area (Å²) in [6.07, 6.45) is -0.333. The Hall–Kier alpha value is -2.98. The minimum absolute atomic E-state index is 0.0759. The summed E-state index contributed by atoms with van der Waals surface area (Å²) in [6, 6.07) is 9.25. The molecule has 0 aliphatic carbocycles. The number of carbonyl (C=O) groups excluding carboxylic acids is 1. The number of ether oxygens (including phenoxy) is 2. The van der Waals surface area contributed by atoms with Gasteiger partial charge in [0.05, 0.1) is 31.1 Å². The van der Waals surface area contributed by atoms with Crippen molar-refractivity contribution in [3.63, 3.8) is 0 Å². The molecular weight excluding hydrogens is 424 g/mol. The third-order valence-electron chi connectivity index (χ3n) is 4.60. The van der Waals surface area contributed by atoms with E-state index in [1.165, 1.54) is 37.4 Å². The van der Waals surface area contributed by atoms with Crippen LogP contribution in [0.2, 0.25) is 0 Å². The lowest BCUT2D eigenvalue weighted by Gasteiger charge is -2.20. The number of nitrogens with one attached hydrogen (secondary N) is 1. The van der Waals surface area contributed by atoms with Crippen molar-refractivity contribution in [1.29, 1.82) is 0 Å². The van der Waals surface area contributed by atoms with E-state index in [-0.39, 0.29) is 40.8 Å². The molecule has 2 rings (SSSR count). The molecule has 168 valence electrons. The monoisotopic (exact) mass is 450 g/mol. The average Bonchev–Trinajstić information content (AvgIpc) is 2.72. The molecule has 0 aromatic heterocycles. The second kappa shape index (κ2) is 10.4. The molecule has 0 bridgehead atoms. The molecule has 0 unspecified atom stereocenters. The molecule has 2 aromatic carbocycles. The van der Waals surface area contributed by atoms with E-state index >= 15 is 0 Å². The molecule has 0 saturated heterocycles. The number of nitro groups is 1. The molecule has 0 heterocycles. The summed E-state index contributed by atoms with van der Waals surface area (Å²) < 4.78 is 39.2. The predicted molar refractivity (Wildman–Crippen MR) is 114 cm³/mol. The van der Waals surface area contributed by atoms with Gasteiger partial charge in [-0.15, -0.1) is 0 Å². The molecule has 0 saturated carbocycles. The van der Waals surface area contributed by atoms with Crippen molar-refractivity contribution >= 4 is 21.7 Å². The normalized spacial score (nSPS) is 12.4. The predicted octanol–water partition coefficient (Wildman–Crippen LogP) is 3.70. The number of rotatable bonds is 10. The summed E-state index contributed by atoms with van der Waals surface area (Å²) in [7, 11) is -2.79. The Balaban J connectivity index is 2.50. The van der Waals surface area contributed by atoms with Crippen molar-refractivity contribution in [3.8, 4) is 5.75 Å². The molecule has 0 radical (unpaired) electrons. The van der Waals surface area contributed by atoms with Gasteiger partial charge in [0.25, 0.3) is 5.69 Å². The lowest BCUT2D eigenvalue weighted by Crippen LogP contribution is -2.31. The van der Waals surface area contributed by atoms with Gasteiger partial charge in [-0.25, -0.2) is 13.1 Å². The minimum atomic E-state index is -4.15. The highest BCUT2D eigenvalue weighted by Gasteiger charge is 2.28. The van der Waals surface area contributed by atoms with Gasteiger partial charge in [0.2, 0.25) is 10.0 Å². The third kappa shape index (κ3) is 6.25. The summed E-state index contributed by atoms with van der Waals surface area (Å²) in [5.41, 5.74) is 0.841. The number of nitrogens with zero attached hydrogens (tertiary/aromatic N) is 1. The fraction of sp³-hybridized carbons (Fsp3) is 0.381. The van der Waals surface area contributed by atoms with Gasteiger partial charge >= 0.3 is 5.97 Å². The van der Waals surface area contributed by atoms with Crippen LogP contribution >= 0.6 is 0 Å². The lowest BCUT2D eigenvalue weighted by molar-refractivity contribution is -0.384. The van der Waals surface area contributed by atoms with Crippen LogP contribution in [-0.2, 0) is 19.6 Å². The Labute approximate surface area is 181 Å². The van der Waals surface area contributed by atoms with Crippen LogP contribution in [0.15, 0.2) is 47.4 Å². The Morgan fingerprint density at radius 2 is 1.87 bits per heavy atom. The molecule has 2 aromatic rings. The highest BCUT2D eigenvalue weighted by atomic mass is 32.2. The minimum Gasteiger partial charge on any atom is -0.495 e. The molecule has 9 nitrogen and oxygen atoms in total. The van der Waals surface area contributed by atoms with Crippen molar-refractivity contribution in [3.05, 3.63) is 63.7 Å². The zero-order chi connectivity index (χ0) is 23.2. The summed E-state index contributed by atoms with van der Waals surface area (Å²) in [5, 5.41) is 11.2. The van der Waals surface area contributed by atoms with E-state index in [1.54, 1.807) is 19.1 Å². The number of hydrogen-bond acceptors (Lipinski definition) is 7. The number of hydrogen-bond donors (Lipinski definition) is 1. The second-order valence-electron chi connectivity index (χ2n) is 7.10. The first-order valence-corrected chi connectivity index (χ1v) is 11.2. The van der Waals surface area contributed by atoms with Crippen LogP contribution in [-0.4, -0.2) is 33.0 Å². The van der Waals surface area contributed by atoms with E-state index in [0.717, 1.165) is 5.56 Å². The maximum atomic E-state index is 13.3. The Kier molecular flexibility index (Phi) is 8.12. The van der Waals surface area contributed by atoms with E-state index < -0.39 is 27.0 Å². The molecule has 0 fully saturated rings. The summed E-state index contributed by atoms with van der Waals surface area (Å²) >= 11 is 0. The highest BCUT2D eigenvalue weighted by Crippen LogP contribution is 2.30. The van der Waals surface area contributed by atoms with Crippen LogP contribution < -0.4 is 9.46 Å². The van der Waals surface area contributed by atoms with Crippen molar-refractivity contribution in [2.75, 3.05) is 13.7 Å². The Morgan fingerprint density at radius 1 is 1.16 bits per heavy atom. The van der Waals surface area contributed by atoms with E-state index in [1.807, 2.05) is 13.8 Å². The van der Waals surface area contributed by atoms with E-state index in [0.29, 0.717) is 0 Å². The largest absolute Gasteiger partial charge is 0.495 e. The number of nitro benzene ring substituents is 1. The number of benzene rings is 2. The zero-order valence-electron chi connectivity index (χ0n) is 17.8. The number of esters is 1. The van der Waals surface area contributed by atoms with Gasteiger partial charge in [0, 0.05) is 12.1 Å².